The van der Waals surface area contributed by atoms with Gasteiger partial charge in [0.05, 0.1) is 0 Å². The van der Waals surface area contributed by atoms with Crippen molar-refractivity contribution in [1.82, 2.24) is 0 Å². The molecular weight excluding hydrogens is 504 g/mol. The third-order valence-corrected chi connectivity index (χ3v) is 9.02. The summed E-state index contributed by atoms with van der Waals surface area (Å²) in [6.07, 6.45) is 0. The summed E-state index contributed by atoms with van der Waals surface area (Å²) in [6.45, 7) is 0. The summed E-state index contributed by atoms with van der Waals surface area (Å²) in [5, 5.41) is 4.88. The van der Waals surface area contributed by atoms with E-state index in [1.165, 1.54) is 42.8 Å². The number of benzene rings is 6. The minimum Gasteiger partial charge on any atom is -0.455 e. The molecule has 0 saturated heterocycles. The molecule has 40 heavy (non-hydrogen) atoms. The Hall–Kier alpha value is -4.92. The predicted octanol–water partition coefficient (Wildman–Crippen LogP) is 11.5. The lowest BCUT2D eigenvalue weighted by atomic mass is 9.92. The number of fused-ring (bicyclic) bond motifs is 4. The van der Waals surface area contributed by atoms with Crippen LogP contribution in [0.15, 0.2) is 150 Å². The van der Waals surface area contributed by atoms with E-state index < -0.39 is 0 Å². The first-order valence-electron chi connectivity index (χ1n) is 13.5. The summed E-state index contributed by atoms with van der Waals surface area (Å²) in [5.41, 5.74) is 9.04. The molecular formula is C38H24OS. The predicted molar refractivity (Wildman–Crippen MR) is 171 cm³/mol. The fourth-order valence-electron chi connectivity index (χ4n) is 5.84. The average Bonchev–Trinajstić information content (AvgIpc) is 3.61. The van der Waals surface area contributed by atoms with Crippen molar-refractivity contribution >= 4 is 44.0 Å². The van der Waals surface area contributed by atoms with E-state index in [4.69, 9.17) is 4.42 Å². The number of rotatable bonds is 4. The maximum atomic E-state index is 6.41. The van der Waals surface area contributed by atoms with Crippen molar-refractivity contribution in [3.8, 4) is 43.1 Å². The highest BCUT2D eigenvalue weighted by molar-refractivity contribution is 7.21. The fourth-order valence-corrected chi connectivity index (χ4v) is 7.16. The Morgan fingerprint density at radius 1 is 0.375 bits per heavy atom. The van der Waals surface area contributed by atoms with Crippen molar-refractivity contribution in [3.05, 3.63) is 146 Å². The minimum absolute atomic E-state index is 0.920. The third-order valence-electron chi connectivity index (χ3n) is 7.72. The van der Waals surface area contributed by atoms with Gasteiger partial charge in [0.1, 0.15) is 11.2 Å². The van der Waals surface area contributed by atoms with Crippen LogP contribution in [0.25, 0.3) is 75.8 Å². The first-order valence-corrected chi connectivity index (χ1v) is 14.3. The van der Waals surface area contributed by atoms with Crippen LogP contribution in [-0.4, -0.2) is 0 Å². The molecule has 0 amide bonds. The molecule has 0 unspecified atom stereocenters. The van der Waals surface area contributed by atoms with Crippen molar-refractivity contribution in [2.75, 3.05) is 0 Å². The monoisotopic (exact) mass is 528 g/mol. The highest BCUT2D eigenvalue weighted by atomic mass is 32.1. The Kier molecular flexibility index (Phi) is 5.39. The van der Waals surface area contributed by atoms with Crippen molar-refractivity contribution < 1.29 is 4.42 Å². The Morgan fingerprint density at radius 3 is 1.77 bits per heavy atom. The van der Waals surface area contributed by atoms with Crippen LogP contribution in [0.4, 0.5) is 0 Å². The molecule has 0 spiro atoms. The molecule has 0 aliphatic rings. The van der Waals surface area contributed by atoms with Gasteiger partial charge in [-0.25, -0.2) is 0 Å². The molecule has 2 heteroatoms. The van der Waals surface area contributed by atoms with Crippen LogP contribution in [0.2, 0.25) is 0 Å². The van der Waals surface area contributed by atoms with Gasteiger partial charge >= 0.3 is 0 Å². The third kappa shape index (κ3) is 3.69. The first-order chi connectivity index (χ1) is 19.8. The SMILES string of the molecule is c1ccc(-c2cc(-c3cccc4c3oc3ccccc34)ccc2-c2sc(-c3ccccc3)c3ccccc23)cc1. The van der Waals surface area contributed by atoms with Gasteiger partial charge < -0.3 is 4.42 Å². The Bertz CT molecular complexity index is 2150. The van der Waals surface area contributed by atoms with E-state index in [-0.39, 0.29) is 0 Å². The van der Waals surface area contributed by atoms with Crippen molar-refractivity contribution in [2.45, 2.75) is 0 Å². The molecule has 0 aliphatic heterocycles. The maximum Gasteiger partial charge on any atom is 0.143 e. The van der Waals surface area contributed by atoms with Crippen LogP contribution < -0.4 is 0 Å². The lowest BCUT2D eigenvalue weighted by Crippen LogP contribution is -1.87. The number of thiophene rings is 1. The largest absolute Gasteiger partial charge is 0.455 e. The molecule has 0 aliphatic carbocycles. The number of furan rings is 1. The molecule has 188 valence electrons. The molecule has 8 aromatic rings. The lowest BCUT2D eigenvalue weighted by molar-refractivity contribution is 0.670. The van der Waals surface area contributed by atoms with Gasteiger partial charge in [0.2, 0.25) is 0 Å². The number of para-hydroxylation sites is 2. The van der Waals surface area contributed by atoms with E-state index in [1.54, 1.807) is 0 Å². The zero-order valence-corrected chi connectivity index (χ0v) is 22.5. The zero-order valence-electron chi connectivity index (χ0n) is 21.7. The molecule has 0 N–H and O–H groups in total. The molecule has 0 saturated carbocycles. The van der Waals surface area contributed by atoms with Gasteiger partial charge in [0.25, 0.3) is 0 Å². The Morgan fingerprint density at radius 2 is 1.00 bits per heavy atom. The Balaban J connectivity index is 1.38. The maximum absolute atomic E-state index is 6.41. The topological polar surface area (TPSA) is 13.1 Å². The van der Waals surface area contributed by atoms with E-state index in [0.717, 1.165) is 33.1 Å². The van der Waals surface area contributed by atoms with Crippen LogP contribution in [0.1, 0.15) is 0 Å². The van der Waals surface area contributed by atoms with Gasteiger partial charge in [0, 0.05) is 42.4 Å². The highest BCUT2D eigenvalue weighted by Gasteiger charge is 2.19. The summed E-state index contributed by atoms with van der Waals surface area (Å²) in [6, 6.07) is 51.9. The van der Waals surface area contributed by atoms with Gasteiger partial charge in [-0.05, 0) is 34.4 Å². The van der Waals surface area contributed by atoms with Crippen LogP contribution >= 0.6 is 11.3 Å². The highest BCUT2D eigenvalue weighted by Crippen LogP contribution is 2.48. The van der Waals surface area contributed by atoms with Gasteiger partial charge in [-0.1, -0.05) is 133 Å². The van der Waals surface area contributed by atoms with Crippen molar-refractivity contribution in [2.24, 2.45) is 0 Å². The summed E-state index contributed by atoms with van der Waals surface area (Å²) in [4.78, 5) is 2.60. The smallest absolute Gasteiger partial charge is 0.143 e. The van der Waals surface area contributed by atoms with E-state index in [9.17, 15) is 0 Å². The van der Waals surface area contributed by atoms with Crippen LogP contribution in [0.5, 0.6) is 0 Å². The molecule has 0 fully saturated rings. The summed E-state index contributed by atoms with van der Waals surface area (Å²) >= 11 is 1.88. The van der Waals surface area contributed by atoms with Gasteiger partial charge in [-0.15, -0.1) is 11.3 Å². The van der Waals surface area contributed by atoms with Gasteiger partial charge in [0.15, 0.2) is 0 Å². The molecule has 2 heterocycles. The molecule has 8 rings (SSSR count). The van der Waals surface area contributed by atoms with E-state index >= 15 is 0 Å². The minimum atomic E-state index is 0.920. The number of hydrogen-bond acceptors (Lipinski definition) is 2. The zero-order chi connectivity index (χ0) is 26.5. The standard InChI is InChI=1S/C38H24OS/c1-3-12-25(13-4-1)34-24-27(28-19-11-20-30-29-16-9-10-21-35(29)39-36(28)30)22-23-33(34)38-32-18-8-7-17-31(32)37(40-38)26-14-5-2-6-15-26/h1-24H. The van der Waals surface area contributed by atoms with Crippen LogP contribution in [0.3, 0.4) is 0 Å². The van der Waals surface area contributed by atoms with E-state index in [2.05, 4.69) is 133 Å². The molecule has 1 nitrogen and oxygen atoms in total. The Labute approximate surface area is 236 Å². The summed E-state index contributed by atoms with van der Waals surface area (Å²) in [5.74, 6) is 0. The normalized spacial score (nSPS) is 11.5. The van der Waals surface area contributed by atoms with Crippen molar-refractivity contribution in [3.63, 3.8) is 0 Å². The van der Waals surface area contributed by atoms with E-state index in [0.29, 0.717) is 0 Å². The molecule has 2 aromatic heterocycles. The molecule has 0 radical (unpaired) electrons. The second-order valence-electron chi connectivity index (χ2n) is 10.1. The number of hydrogen-bond donors (Lipinski definition) is 0. The fraction of sp³-hybridized carbons (Fsp3) is 0. The quantitative estimate of drug-likeness (QED) is 0.221. The first kappa shape index (κ1) is 23.0. The van der Waals surface area contributed by atoms with Crippen LogP contribution in [0, 0.1) is 0 Å². The van der Waals surface area contributed by atoms with Gasteiger partial charge in [-0.3, -0.25) is 0 Å². The molecule has 0 atom stereocenters. The average molecular weight is 529 g/mol. The van der Waals surface area contributed by atoms with E-state index in [1.807, 2.05) is 23.5 Å². The van der Waals surface area contributed by atoms with Gasteiger partial charge in [-0.2, -0.15) is 0 Å². The van der Waals surface area contributed by atoms with Crippen molar-refractivity contribution in [1.29, 1.82) is 0 Å². The molecule has 0 bridgehead atoms. The second kappa shape index (κ2) is 9.37. The van der Waals surface area contributed by atoms with Crippen LogP contribution in [-0.2, 0) is 0 Å². The second-order valence-corrected chi connectivity index (χ2v) is 11.1. The lowest BCUT2D eigenvalue weighted by Gasteiger charge is -2.13. The molecule has 6 aromatic carbocycles. The summed E-state index contributed by atoms with van der Waals surface area (Å²) < 4.78 is 6.41. The summed E-state index contributed by atoms with van der Waals surface area (Å²) in [7, 11) is 0.